The highest BCUT2D eigenvalue weighted by Gasteiger charge is 2.35. The fraction of sp³-hybridized carbons (Fsp3) is 0.273. The molecule has 1 atom stereocenters. The molecule has 0 aliphatic heterocycles. The number of anilines is 1. The molecular weight excluding hydrogens is 551 g/mol. The van der Waals surface area contributed by atoms with E-state index in [0.717, 1.165) is 21.9 Å². The fourth-order valence-corrected chi connectivity index (χ4v) is 4.90. The number of pyridine rings is 1. The number of aromatic nitrogens is 3. The van der Waals surface area contributed by atoms with E-state index in [1.54, 1.807) is 11.6 Å². The topological polar surface area (TPSA) is 116 Å². The molecule has 0 spiro atoms. The average molecular weight is 570 g/mol. The quantitative estimate of drug-likeness (QED) is 0.317. The number of hydrogen-bond acceptors (Lipinski definition) is 6. The van der Waals surface area contributed by atoms with Gasteiger partial charge in [0.15, 0.2) is 0 Å². The molecule has 4 aromatic heterocycles. The standard InChI is InChI=1S/C22H19BrF3N5O3S/c1-9(8-31-11(3)16(23)10(2)30-31)20(33)29-17-15-12(13-5-4-6-34-13)7-14(22(24,25)26)28-21(15)35-18(17)19(27)32/h4-7,9H,8H2,1-3H3,(H2,27,32)(H,29,33). The van der Waals surface area contributed by atoms with Crippen LogP contribution in [0.1, 0.15) is 33.7 Å². The number of thiophene rings is 1. The largest absolute Gasteiger partial charge is 0.464 e. The number of fused-ring (bicyclic) bond motifs is 1. The zero-order chi connectivity index (χ0) is 25.7. The van der Waals surface area contributed by atoms with Crippen molar-refractivity contribution in [3.63, 3.8) is 0 Å². The van der Waals surface area contributed by atoms with E-state index in [0.29, 0.717) is 11.3 Å². The minimum absolute atomic E-state index is 0.00322. The van der Waals surface area contributed by atoms with E-state index in [4.69, 9.17) is 10.2 Å². The average Bonchev–Trinajstić information content (AvgIpc) is 3.49. The minimum atomic E-state index is -4.74. The first-order valence-electron chi connectivity index (χ1n) is 10.3. The van der Waals surface area contributed by atoms with Crippen LogP contribution in [0.2, 0.25) is 0 Å². The first-order valence-corrected chi connectivity index (χ1v) is 11.9. The van der Waals surface area contributed by atoms with Crippen molar-refractivity contribution < 1.29 is 27.2 Å². The number of nitrogens with one attached hydrogen (secondary N) is 1. The summed E-state index contributed by atoms with van der Waals surface area (Å²) in [5.41, 5.74) is 5.99. The second-order valence-electron chi connectivity index (χ2n) is 7.94. The number of carbonyl (C=O) groups excluding carboxylic acids is 2. The van der Waals surface area contributed by atoms with Crippen molar-refractivity contribution in [3.05, 3.63) is 50.9 Å². The molecule has 2 amide bonds. The van der Waals surface area contributed by atoms with Gasteiger partial charge in [-0.15, -0.1) is 11.3 Å². The SMILES string of the molecule is Cc1nn(CC(C)C(=O)Nc2c(C(N)=O)sc3nc(C(F)(F)F)cc(-c4ccco4)c23)c(C)c1Br. The molecule has 1 unspecified atom stereocenters. The number of rotatable bonds is 6. The highest BCUT2D eigenvalue weighted by Crippen LogP contribution is 2.43. The van der Waals surface area contributed by atoms with E-state index >= 15 is 0 Å². The number of primary amides is 1. The van der Waals surface area contributed by atoms with Crippen molar-refractivity contribution >= 4 is 55.0 Å². The van der Waals surface area contributed by atoms with E-state index in [-0.39, 0.29) is 38.6 Å². The van der Waals surface area contributed by atoms with Crippen molar-refractivity contribution in [2.24, 2.45) is 11.7 Å². The molecule has 0 aliphatic rings. The van der Waals surface area contributed by atoms with Gasteiger partial charge >= 0.3 is 6.18 Å². The van der Waals surface area contributed by atoms with Gasteiger partial charge in [-0.05, 0) is 48.0 Å². The lowest BCUT2D eigenvalue weighted by atomic mass is 10.1. The minimum Gasteiger partial charge on any atom is -0.464 e. The van der Waals surface area contributed by atoms with Gasteiger partial charge in [0.05, 0.1) is 34.6 Å². The Kier molecular flexibility index (Phi) is 6.49. The highest BCUT2D eigenvalue weighted by molar-refractivity contribution is 9.10. The molecular formula is C22H19BrF3N5O3S. The van der Waals surface area contributed by atoms with E-state index in [9.17, 15) is 22.8 Å². The van der Waals surface area contributed by atoms with E-state index in [2.05, 4.69) is 31.3 Å². The highest BCUT2D eigenvalue weighted by atomic mass is 79.9. The van der Waals surface area contributed by atoms with Crippen molar-refractivity contribution in [2.75, 3.05) is 5.32 Å². The number of carbonyl (C=O) groups is 2. The molecule has 4 aromatic rings. The third-order valence-electron chi connectivity index (χ3n) is 5.40. The summed E-state index contributed by atoms with van der Waals surface area (Å²) in [6, 6.07) is 3.82. The number of nitrogens with two attached hydrogens (primary N) is 1. The summed E-state index contributed by atoms with van der Waals surface area (Å²) in [5, 5.41) is 7.23. The van der Waals surface area contributed by atoms with E-state index in [1.807, 2.05) is 13.8 Å². The third kappa shape index (κ3) is 4.69. The molecule has 3 N–H and O–H groups in total. The van der Waals surface area contributed by atoms with Crippen LogP contribution in [-0.2, 0) is 17.5 Å². The van der Waals surface area contributed by atoms with Gasteiger partial charge in [0, 0.05) is 16.6 Å². The van der Waals surface area contributed by atoms with Crippen LogP contribution in [0, 0.1) is 19.8 Å². The number of alkyl halides is 3. The van der Waals surface area contributed by atoms with Crippen LogP contribution in [0.5, 0.6) is 0 Å². The third-order valence-corrected chi connectivity index (χ3v) is 7.64. The smallest absolute Gasteiger partial charge is 0.433 e. The Morgan fingerprint density at radius 3 is 2.60 bits per heavy atom. The predicted octanol–water partition coefficient (Wildman–Crippen LogP) is 5.52. The molecule has 35 heavy (non-hydrogen) atoms. The number of halogens is 4. The van der Waals surface area contributed by atoms with Gasteiger partial charge in [0.25, 0.3) is 5.91 Å². The van der Waals surface area contributed by atoms with Crippen LogP contribution in [0.3, 0.4) is 0 Å². The fourth-order valence-electron chi connectivity index (χ4n) is 3.60. The molecule has 0 aliphatic carbocycles. The van der Waals surface area contributed by atoms with Crippen LogP contribution < -0.4 is 11.1 Å². The monoisotopic (exact) mass is 569 g/mol. The summed E-state index contributed by atoms with van der Waals surface area (Å²) >= 11 is 4.12. The molecule has 13 heteroatoms. The first kappa shape index (κ1) is 24.9. The Bertz CT molecular complexity index is 1440. The van der Waals surface area contributed by atoms with Gasteiger partial charge in [-0.25, -0.2) is 4.98 Å². The van der Waals surface area contributed by atoms with E-state index in [1.165, 1.54) is 18.4 Å². The summed E-state index contributed by atoms with van der Waals surface area (Å²) in [4.78, 5) is 28.8. The molecule has 0 aromatic carbocycles. The summed E-state index contributed by atoms with van der Waals surface area (Å²) in [7, 11) is 0. The molecule has 4 rings (SSSR count). The Morgan fingerprint density at radius 1 is 1.34 bits per heavy atom. The Balaban J connectivity index is 1.80. The summed E-state index contributed by atoms with van der Waals surface area (Å²) < 4.78 is 48.4. The van der Waals surface area contributed by atoms with Crippen LogP contribution in [0.15, 0.2) is 33.4 Å². The second-order valence-corrected chi connectivity index (χ2v) is 9.73. The summed E-state index contributed by atoms with van der Waals surface area (Å²) in [6.07, 6.45) is -3.43. The van der Waals surface area contributed by atoms with Crippen LogP contribution in [0.25, 0.3) is 21.5 Å². The first-order chi connectivity index (χ1) is 16.4. The lowest BCUT2D eigenvalue weighted by Gasteiger charge is -2.15. The van der Waals surface area contributed by atoms with Crippen molar-refractivity contribution in [1.82, 2.24) is 14.8 Å². The van der Waals surface area contributed by atoms with Crippen LogP contribution in [0.4, 0.5) is 18.9 Å². The number of amides is 2. The molecule has 184 valence electrons. The van der Waals surface area contributed by atoms with Gasteiger partial charge in [0.2, 0.25) is 5.91 Å². The second kappa shape index (κ2) is 9.11. The lowest BCUT2D eigenvalue weighted by Crippen LogP contribution is -2.26. The maximum atomic E-state index is 13.5. The normalized spacial score (nSPS) is 12.8. The molecule has 8 nitrogen and oxygen atoms in total. The van der Waals surface area contributed by atoms with Crippen molar-refractivity contribution in [3.8, 4) is 11.3 Å². The van der Waals surface area contributed by atoms with E-state index < -0.39 is 29.6 Å². The number of furan rings is 1. The van der Waals surface area contributed by atoms with Gasteiger partial charge in [-0.1, -0.05) is 6.92 Å². The number of aryl methyl sites for hydroxylation is 1. The van der Waals surface area contributed by atoms with Gasteiger partial charge in [-0.3, -0.25) is 14.3 Å². The van der Waals surface area contributed by atoms with Crippen molar-refractivity contribution in [2.45, 2.75) is 33.5 Å². The van der Waals surface area contributed by atoms with Crippen LogP contribution in [-0.4, -0.2) is 26.6 Å². The van der Waals surface area contributed by atoms with Gasteiger partial charge in [0.1, 0.15) is 21.2 Å². The maximum absolute atomic E-state index is 13.5. The zero-order valence-electron chi connectivity index (χ0n) is 18.7. The summed E-state index contributed by atoms with van der Waals surface area (Å²) in [5.74, 6) is -1.86. The van der Waals surface area contributed by atoms with Gasteiger partial charge in [-0.2, -0.15) is 18.3 Å². The molecule has 0 saturated carbocycles. The number of hydrogen-bond donors (Lipinski definition) is 2. The molecule has 0 bridgehead atoms. The Morgan fingerprint density at radius 2 is 2.06 bits per heavy atom. The molecule has 0 fully saturated rings. The summed E-state index contributed by atoms with van der Waals surface area (Å²) in [6.45, 7) is 5.59. The molecule has 0 radical (unpaired) electrons. The van der Waals surface area contributed by atoms with Gasteiger partial charge < -0.3 is 15.5 Å². The number of nitrogens with zero attached hydrogens (tertiary/aromatic N) is 3. The Labute approximate surface area is 209 Å². The Hall–Kier alpha value is -3.19. The predicted molar refractivity (Wildman–Crippen MR) is 128 cm³/mol. The maximum Gasteiger partial charge on any atom is 0.433 e. The molecule has 0 saturated heterocycles. The van der Waals surface area contributed by atoms with Crippen LogP contribution >= 0.6 is 27.3 Å². The lowest BCUT2D eigenvalue weighted by molar-refractivity contribution is -0.140. The van der Waals surface area contributed by atoms with Crippen molar-refractivity contribution in [1.29, 1.82) is 0 Å². The molecule has 4 heterocycles. The zero-order valence-corrected chi connectivity index (χ0v) is 21.1.